The molecule has 14 aromatic rings. The summed E-state index contributed by atoms with van der Waals surface area (Å²) in [4.78, 5) is 15.3. The summed E-state index contributed by atoms with van der Waals surface area (Å²) in [6.45, 7) is -0.131. The van der Waals surface area contributed by atoms with Crippen molar-refractivity contribution in [3.05, 3.63) is 279 Å². The van der Waals surface area contributed by atoms with Crippen LogP contribution >= 0.6 is 0 Å². The first-order chi connectivity index (χ1) is 38.2. The topological polar surface area (TPSA) is 67.0 Å². The lowest BCUT2D eigenvalue weighted by Crippen LogP contribution is -2.52. The second-order valence-corrected chi connectivity index (χ2v) is 19.1. The first kappa shape index (κ1) is 45.3. The molecule has 0 unspecified atom stereocenters. The summed E-state index contributed by atoms with van der Waals surface area (Å²) in [5.74, 6) is 4.98. The van der Waals surface area contributed by atoms with Crippen molar-refractivity contribution in [1.82, 2.24) is 24.1 Å². The molecule has 8 heteroatoms. The molecule has 7 nitrogen and oxygen atoms in total. The quantitative estimate of drug-likeness (QED) is 0.114. The Labute approximate surface area is 445 Å². The number of rotatable bonds is 12. The predicted octanol–water partition coefficient (Wildman–Crippen LogP) is 15.2. The van der Waals surface area contributed by atoms with Crippen molar-refractivity contribution in [1.29, 1.82) is 0 Å². The average molecular weight is 988 g/mol. The highest BCUT2D eigenvalue weighted by molar-refractivity contribution is 6.95. The Morgan fingerprint density at radius 3 is 1.13 bits per heavy atom. The van der Waals surface area contributed by atoms with Gasteiger partial charge in [-0.1, -0.05) is 211 Å². The fraction of sp³-hybridized carbons (Fsp3) is 0. The van der Waals surface area contributed by atoms with E-state index in [1.165, 1.54) is 5.39 Å². The molecule has 3 aromatic heterocycles. The van der Waals surface area contributed by atoms with Crippen molar-refractivity contribution in [2.75, 3.05) is 0 Å². The van der Waals surface area contributed by atoms with E-state index in [0.29, 0.717) is 17.5 Å². The van der Waals surface area contributed by atoms with Gasteiger partial charge < -0.3 is 18.6 Å². The van der Waals surface area contributed by atoms with Crippen LogP contribution in [-0.4, -0.2) is 30.8 Å². The SMILES string of the molecule is c1ccc(Oc2ccc(B(c3ccc(Oc4ccccc4)cc3)c3cccc(-n4c5ccccc5c5ccc6c7ccccc7n(-c7cccc(-c8nc(-c9ccccc9)nc(-c9ccccc9)n8)c7)c6c54)c3)cc2)cc1. The Hall–Kier alpha value is -10.3. The van der Waals surface area contributed by atoms with E-state index >= 15 is 0 Å². The first-order valence-corrected chi connectivity index (χ1v) is 25.9. The zero-order valence-electron chi connectivity index (χ0n) is 41.7. The lowest BCUT2D eigenvalue weighted by atomic mass is 9.37. The highest BCUT2D eigenvalue weighted by atomic mass is 16.5. The van der Waals surface area contributed by atoms with E-state index < -0.39 is 0 Å². The van der Waals surface area contributed by atoms with Crippen molar-refractivity contribution < 1.29 is 9.47 Å². The van der Waals surface area contributed by atoms with Crippen LogP contribution in [0.25, 0.3) is 89.2 Å². The summed E-state index contributed by atoms with van der Waals surface area (Å²) in [6.07, 6.45) is 0. The number of benzene rings is 11. The highest BCUT2D eigenvalue weighted by Crippen LogP contribution is 2.42. The summed E-state index contributed by atoms with van der Waals surface area (Å²) < 4.78 is 17.5. The van der Waals surface area contributed by atoms with Gasteiger partial charge in [-0.3, -0.25) is 0 Å². The largest absolute Gasteiger partial charge is 0.457 e. The molecule has 0 aliphatic heterocycles. The predicted molar refractivity (Wildman–Crippen MR) is 315 cm³/mol. The molecule has 0 aliphatic carbocycles. The molecule has 14 rings (SSSR count). The number of nitrogens with zero attached hydrogens (tertiary/aromatic N) is 5. The van der Waals surface area contributed by atoms with E-state index in [2.05, 4.69) is 167 Å². The second-order valence-electron chi connectivity index (χ2n) is 19.1. The van der Waals surface area contributed by atoms with E-state index in [-0.39, 0.29) is 6.71 Å². The molecular weight excluding hydrogens is 942 g/mol. The van der Waals surface area contributed by atoms with E-state index in [4.69, 9.17) is 24.4 Å². The molecule has 3 heterocycles. The standard InChI is InChI=1S/C69H46BN5O2/c1-5-19-47(20-6-1)67-71-68(48-21-7-2-8-22-48)73-69(72-67)49-23-17-25-53(45-49)74-63-33-15-13-31-59(63)61-43-44-62-60-32-14-16-34-64(60)75(66(62)65(61)74)54-26-18-24-52(46-54)70(50-35-39-57(40-36-50)76-55-27-9-3-10-28-55)51-37-41-58(42-38-51)77-56-29-11-4-12-30-56/h1-46H. The van der Waals surface area contributed by atoms with Crippen molar-refractivity contribution in [2.24, 2.45) is 0 Å². The van der Waals surface area contributed by atoms with Crippen LogP contribution in [0.1, 0.15) is 0 Å². The number of hydrogen-bond acceptors (Lipinski definition) is 5. The van der Waals surface area contributed by atoms with Crippen LogP contribution in [0.5, 0.6) is 23.0 Å². The van der Waals surface area contributed by atoms with Crippen LogP contribution in [0.15, 0.2) is 279 Å². The van der Waals surface area contributed by atoms with Crippen LogP contribution in [0.2, 0.25) is 0 Å². The second kappa shape index (κ2) is 19.5. The maximum Gasteiger partial charge on any atom is 0.241 e. The minimum absolute atomic E-state index is 0.131. The third-order valence-corrected chi connectivity index (χ3v) is 14.4. The fourth-order valence-electron chi connectivity index (χ4n) is 10.9. The van der Waals surface area contributed by atoms with Crippen LogP contribution in [0, 0.1) is 0 Å². The van der Waals surface area contributed by atoms with E-state index in [1.54, 1.807) is 0 Å². The van der Waals surface area contributed by atoms with E-state index in [9.17, 15) is 0 Å². The maximum absolute atomic E-state index is 6.29. The normalized spacial score (nSPS) is 11.4. The molecule has 0 radical (unpaired) electrons. The highest BCUT2D eigenvalue weighted by Gasteiger charge is 2.26. The number of ether oxygens (including phenoxy) is 2. The summed E-state index contributed by atoms with van der Waals surface area (Å²) in [7, 11) is 0. The minimum atomic E-state index is -0.131. The minimum Gasteiger partial charge on any atom is -0.457 e. The molecule has 0 amide bonds. The Morgan fingerprint density at radius 1 is 0.273 bits per heavy atom. The van der Waals surface area contributed by atoms with Gasteiger partial charge in [0.05, 0.1) is 22.1 Å². The molecular formula is C69H46BN5O2. The van der Waals surface area contributed by atoms with Gasteiger partial charge in [0.15, 0.2) is 17.5 Å². The molecule has 11 aromatic carbocycles. The van der Waals surface area contributed by atoms with Gasteiger partial charge in [0.25, 0.3) is 0 Å². The summed E-state index contributed by atoms with van der Waals surface area (Å²) in [5.41, 5.74) is 12.6. The van der Waals surface area contributed by atoms with Gasteiger partial charge in [-0.2, -0.15) is 0 Å². The summed E-state index contributed by atoms with van der Waals surface area (Å²) >= 11 is 0. The van der Waals surface area contributed by atoms with Crippen molar-refractivity contribution in [3.63, 3.8) is 0 Å². The molecule has 0 N–H and O–H groups in total. The molecule has 362 valence electrons. The van der Waals surface area contributed by atoms with Gasteiger partial charge in [-0.25, -0.2) is 15.0 Å². The molecule has 77 heavy (non-hydrogen) atoms. The molecule has 0 saturated carbocycles. The van der Waals surface area contributed by atoms with Gasteiger partial charge >= 0.3 is 0 Å². The molecule has 0 aliphatic rings. The smallest absolute Gasteiger partial charge is 0.241 e. The molecule has 0 atom stereocenters. The Balaban J connectivity index is 0.945. The lowest BCUT2D eigenvalue weighted by molar-refractivity contribution is 0.482. The maximum atomic E-state index is 6.29. The number of hydrogen-bond donors (Lipinski definition) is 0. The van der Waals surface area contributed by atoms with E-state index in [0.717, 1.165) is 106 Å². The average Bonchev–Trinajstić information content (AvgIpc) is 4.10. The Kier molecular flexibility index (Phi) is 11.5. The molecule has 0 fully saturated rings. The van der Waals surface area contributed by atoms with Crippen molar-refractivity contribution >= 4 is 66.7 Å². The van der Waals surface area contributed by atoms with Gasteiger partial charge in [-0.15, -0.1) is 0 Å². The number of fused-ring (bicyclic) bond motifs is 7. The first-order valence-electron chi connectivity index (χ1n) is 25.9. The number of aromatic nitrogens is 5. The van der Waals surface area contributed by atoms with Gasteiger partial charge in [0, 0.05) is 49.6 Å². The Bertz CT molecular complexity index is 4290. The monoisotopic (exact) mass is 987 g/mol. The van der Waals surface area contributed by atoms with Crippen molar-refractivity contribution in [2.45, 2.75) is 0 Å². The van der Waals surface area contributed by atoms with Crippen LogP contribution in [-0.2, 0) is 0 Å². The Morgan fingerprint density at radius 2 is 0.649 bits per heavy atom. The lowest BCUT2D eigenvalue weighted by Gasteiger charge is -2.19. The fourth-order valence-corrected chi connectivity index (χ4v) is 10.9. The third-order valence-electron chi connectivity index (χ3n) is 14.4. The van der Waals surface area contributed by atoms with Crippen molar-refractivity contribution in [3.8, 4) is 68.5 Å². The zero-order valence-corrected chi connectivity index (χ0v) is 41.7. The summed E-state index contributed by atoms with van der Waals surface area (Å²) in [5, 5.41) is 4.66. The van der Waals surface area contributed by atoms with Gasteiger partial charge in [-0.05, 0) is 84.9 Å². The molecule has 0 spiro atoms. The van der Waals surface area contributed by atoms with Gasteiger partial charge in [0.1, 0.15) is 23.0 Å². The van der Waals surface area contributed by atoms with Gasteiger partial charge in [0.2, 0.25) is 6.71 Å². The number of para-hydroxylation sites is 4. The third kappa shape index (κ3) is 8.54. The van der Waals surface area contributed by atoms with Crippen LogP contribution in [0.4, 0.5) is 0 Å². The molecule has 0 bridgehead atoms. The van der Waals surface area contributed by atoms with E-state index in [1.807, 2.05) is 121 Å². The van der Waals surface area contributed by atoms with Crippen LogP contribution in [0.3, 0.4) is 0 Å². The molecule has 0 saturated heterocycles. The zero-order chi connectivity index (χ0) is 51.1. The summed E-state index contributed by atoms with van der Waals surface area (Å²) in [6, 6.07) is 96.8. The van der Waals surface area contributed by atoms with Crippen LogP contribution < -0.4 is 25.9 Å².